The van der Waals surface area contributed by atoms with E-state index in [0.29, 0.717) is 29.1 Å². The number of anilines is 1. The summed E-state index contributed by atoms with van der Waals surface area (Å²) in [5, 5.41) is 29.0. The average molecular weight is 511 g/mol. The summed E-state index contributed by atoms with van der Waals surface area (Å²) in [5.41, 5.74) is -0.677. The molecular formula is C22H31ClN6O4S. The van der Waals surface area contributed by atoms with E-state index in [-0.39, 0.29) is 17.1 Å². The topological polar surface area (TPSA) is 127 Å². The fraction of sp³-hybridized carbons (Fsp3) is 0.727. The van der Waals surface area contributed by atoms with Gasteiger partial charge in [0.15, 0.2) is 23.2 Å². The molecule has 4 N–H and O–H groups in total. The molecule has 34 heavy (non-hydrogen) atoms. The predicted octanol–water partition coefficient (Wildman–Crippen LogP) is 2.68. The van der Waals surface area contributed by atoms with Gasteiger partial charge in [-0.15, -0.1) is 0 Å². The first-order valence-electron chi connectivity index (χ1n) is 12.0. The van der Waals surface area contributed by atoms with Crippen LogP contribution in [0.25, 0.3) is 11.2 Å². The number of imidazole rings is 1. The summed E-state index contributed by atoms with van der Waals surface area (Å²) in [4.78, 5) is 13.2. The number of ether oxygens (including phenoxy) is 2. The van der Waals surface area contributed by atoms with Crippen molar-refractivity contribution in [3.8, 4) is 0 Å². The minimum atomic E-state index is -1.63. The summed E-state index contributed by atoms with van der Waals surface area (Å²) in [6.07, 6.45) is 7.54. The van der Waals surface area contributed by atoms with Gasteiger partial charge in [-0.05, 0) is 56.4 Å². The number of rotatable bonds is 6. The van der Waals surface area contributed by atoms with Crippen molar-refractivity contribution in [3.05, 3.63) is 11.6 Å². The van der Waals surface area contributed by atoms with Crippen LogP contribution in [0.2, 0.25) is 5.28 Å². The van der Waals surface area contributed by atoms with Crippen LogP contribution in [0.3, 0.4) is 0 Å². The second-order valence-corrected chi connectivity index (χ2v) is 10.4. The Labute approximate surface area is 208 Å². The van der Waals surface area contributed by atoms with E-state index >= 15 is 0 Å². The van der Waals surface area contributed by atoms with Gasteiger partial charge in [0.2, 0.25) is 5.28 Å². The van der Waals surface area contributed by atoms with Gasteiger partial charge in [-0.3, -0.25) is 4.57 Å². The molecule has 1 aliphatic heterocycles. The van der Waals surface area contributed by atoms with Crippen molar-refractivity contribution in [3.63, 3.8) is 0 Å². The number of thiocarbonyl (C=S) groups is 1. The van der Waals surface area contributed by atoms with Gasteiger partial charge in [-0.25, -0.2) is 4.98 Å². The Morgan fingerprint density at radius 3 is 2.62 bits per heavy atom. The fourth-order valence-corrected chi connectivity index (χ4v) is 5.64. The Bertz CT molecular complexity index is 1040. The van der Waals surface area contributed by atoms with Gasteiger partial charge in [0.25, 0.3) is 5.17 Å². The molecule has 3 heterocycles. The standard InChI is InChI=1S/C22H31ClN6O4S/c1-22(31)16(30)14(10-32-21(34)26-13-8-4-5-9-13)33-19(22)29-11-24-15-17(25-12-6-2-3-7-12)27-20(23)28-18(15)29/h11-14,16,19,30-31H,2-10H2,1H3,(H,26,34)(H,25,27,28)/t14-,16-,19-,22-/m1/s1. The van der Waals surface area contributed by atoms with Crippen LogP contribution in [0.1, 0.15) is 64.5 Å². The number of hydrogen-bond donors (Lipinski definition) is 4. The second-order valence-electron chi connectivity index (χ2n) is 9.71. The number of nitrogens with zero attached hydrogens (tertiary/aromatic N) is 4. The number of halogens is 1. The van der Waals surface area contributed by atoms with Gasteiger partial charge < -0.3 is 30.3 Å². The van der Waals surface area contributed by atoms with Crippen LogP contribution in [0.15, 0.2) is 6.33 Å². The first kappa shape index (κ1) is 23.9. The Morgan fingerprint density at radius 1 is 1.24 bits per heavy atom. The molecule has 0 amide bonds. The highest BCUT2D eigenvalue weighted by Crippen LogP contribution is 2.40. The third-order valence-electron chi connectivity index (χ3n) is 7.15. The largest absolute Gasteiger partial charge is 0.468 e. The van der Waals surface area contributed by atoms with E-state index in [1.54, 1.807) is 4.57 Å². The fourth-order valence-electron chi connectivity index (χ4n) is 5.24. The summed E-state index contributed by atoms with van der Waals surface area (Å²) in [5.74, 6) is 0.557. The molecule has 4 atom stereocenters. The summed E-state index contributed by atoms with van der Waals surface area (Å²) >= 11 is 11.5. The van der Waals surface area contributed by atoms with E-state index in [0.717, 1.165) is 25.7 Å². The Hall–Kier alpha value is -1.79. The molecule has 0 aromatic carbocycles. The smallest absolute Gasteiger partial charge is 0.256 e. The van der Waals surface area contributed by atoms with Gasteiger partial charge in [-0.1, -0.05) is 25.7 Å². The molecule has 2 aromatic heterocycles. The molecule has 5 rings (SSSR count). The summed E-state index contributed by atoms with van der Waals surface area (Å²) in [6, 6.07) is 0.641. The van der Waals surface area contributed by atoms with E-state index in [9.17, 15) is 10.2 Å². The van der Waals surface area contributed by atoms with Gasteiger partial charge in [0, 0.05) is 12.1 Å². The molecule has 2 saturated carbocycles. The van der Waals surface area contributed by atoms with Gasteiger partial charge in [0.05, 0.1) is 6.33 Å². The van der Waals surface area contributed by atoms with E-state index in [1.807, 2.05) is 0 Å². The van der Waals surface area contributed by atoms with Gasteiger partial charge >= 0.3 is 0 Å². The molecule has 12 heteroatoms. The zero-order valence-corrected chi connectivity index (χ0v) is 20.7. The van der Waals surface area contributed by atoms with Crippen LogP contribution in [0.4, 0.5) is 5.82 Å². The Kier molecular flexibility index (Phi) is 6.82. The van der Waals surface area contributed by atoms with Crippen LogP contribution >= 0.6 is 23.8 Å². The summed E-state index contributed by atoms with van der Waals surface area (Å²) in [7, 11) is 0. The van der Waals surface area contributed by atoms with Crippen LogP contribution in [0, 0.1) is 0 Å². The molecule has 10 nitrogen and oxygen atoms in total. The van der Waals surface area contributed by atoms with Crippen LogP contribution in [0.5, 0.6) is 0 Å². The van der Waals surface area contributed by atoms with E-state index in [4.69, 9.17) is 33.3 Å². The number of aliphatic hydroxyl groups excluding tert-OH is 1. The molecule has 0 unspecified atom stereocenters. The van der Waals surface area contributed by atoms with Gasteiger partial charge in [0.1, 0.15) is 24.4 Å². The van der Waals surface area contributed by atoms with Gasteiger partial charge in [-0.2, -0.15) is 9.97 Å². The minimum Gasteiger partial charge on any atom is -0.468 e. The van der Waals surface area contributed by atoms with Crippen molar-refractivity contribution in [1.82, 2.24) is 24.8 Å². The lowest BCUT2D eigenvalue weighted by molar-refractivity contribution is -0.0949. The SMILES string of the molecule is C[C@@]1(O)[C@H](O)[C@@H](COC(=S)NC2CCCC2)O[C@H]1n1cnc2c(NC3CCCC3)nc(Cl)nc21. The third-order valence-corrected chi connectivity index (χ3v) is 7.56. The lowest BCUT2D eigenvalue weighted by atomic mass is 9.96. The highest BCUT2D eigenvalue weighted by atomic mass is 35.5. The number of nitrogens with one attached hydrogen (secondary N) is 2. The Morgan fingerprint density at radius 2 is 1.91 bits per heavy atom. The quantitative estimate of drug-likeness (QED) is 0.340. The summed E-state index contributed by atoms with van der Waals surface area (Å²) in [6.45, 7) is 1.52. The molecule has 2 aliphatic carbocycles. The van der Waals surface area contributed by atoms with Crippen molar-refractivity contribution in [2.75, 3.05) is 11.9 Å². The third kappa shape index (κ3) is 4.68. The Balaban J connectivity index is 1.32. The van der Waals surface area contributed by atoms with Crippen LogP contribution < -0.4 is 10.6 Å². The summed E-state index contributed by atoms with van der Waals surface area (Å²) < 4.78 is 13.3. The van der Waals surface area contributed by atoms with Crippen LogP contribution in [-0.4, -0.2) is 71.4 Å². The molecular weight excluding hydrogens is 480 g/mol. The normalized spacial score (nSPS) is 30.3. The lowest BCUT2D eigenvalue weighted by Gasteiger charge is -2.27. The van der Waals surface area contributed by atoms with Crippen molar-refractivity contribution >= 4 is 46.0 Å². The zero-order chi connectivity index (χ0) is 23.9. The van der Waals surface area contributed by atoms with Crippen molar-refractivity contribution < 1.29 is 19.7 Å². The average Bonchev–Trinajstić information content (AvgIpc) is 3.58. The van der Waals surface area contributed by atoms with Crippen molar-refractivity contribution in [1.29, 1.82) is 0 Å². The van der Waals surface area contributed by atoms with E-state index < -0.39 is 24.0 Å². The minimum absolute atomic E-state index is 0.00320. The molecule has 186 valence electrons. The maximum Gasteiger partial charge on any atom is 0.256 e. The molecule has 3 fully saturated rings. The molecule has 2 aromatic rings. The maximum absolute atomic E-state index is 11.2. The monoisotopic (exact) mass is 510 g/mol. The molecule has 0 radical (unpaired) electrons. The van der Waals surface area contributed by atoms with Crippen molar-refractivity contribution in [2.24, 2.45) is 0 Å². The first-order valence-corrected chi connectivity index (χ1v) is 12.8. The van der Waals surface area contributed by atoms with Crippen LogP contribution in [-0.2, 0) is 9.47 Å². The number of fused-ring (bicyclic) bond motifs is 1. The number of aliphatic hydroxyl groups is 2. The van der Waals surface area contributed by atoms with E-state index in [2.05, 4.69) is 25.6 Å². The molecule has 3 aliphatic rings. The predicted molar refractivity (Wildman–Crippen MR) is 131 cm³/mol. The molecule has 0 bridgehead atoms. The second kappa shape index (κ2) is 9.69. The molecule has 0 spiro atoms. The highest BCUT2D eigenvalue weighted by molar-refractivity contribution is 7.80. The lowest BCUT2D eigenvalue weighted by Crippen LogP contribution is -2.45. The number of hydrogen-bond acceptors (Lipinski definition) is 9. The first-order chi connectivity index (χ1) is 16.3. The van der Waals surface area contributed by atoms with E-state index in [1.165, 1.54) is 38.9 Å². The zero-order valence-electron chi connectivity index (χ0n) is 19.1. The van der Waals surface area contributed by atoms with Crippen molar-refractivity contribution in [2.45, 2.75) is 94.4 Å². The highest BCUT2D eigenvalue weighted by Gasteiger charge is 2.54. The molecule has 1 saturated heterocycles. The number of aromatic nitrogens is 4. The maximum atomic E-state index is 11.2.